The van der Waals surface area contributed by atoms with E-state index in [9.17, 15) is 25.0 Å². The number of aromatic carboxylic acids is 1. The van der Waals surface area contributed by atoms with Gasteiger partial charge in [0.05, 0.1) is 4.92 Å². The second kappa shape index (κ2) is 4.10. The quantitative estimate of drug-likeness (QED) is 0.487. The van der Waals surface area contributed by atoms with Crippen LogP contribution in [0, 0.1) is 20.2 Å². The Hall–Kier alpha value is -2.56. The van der Waals surface area contributed by atoms with Crippen molar-refractivity contribution in [2.45, 2.75) is 0 Å². The summed E-state index contributed by atoms with van der Waals surface area (Å²) in [5.74, 6) is -2.76. The van der Waals surface area contributed by atoms with Crippen LogP contribution in [0.5, 0.6) is 0 Å². The average molecular weight is 220 g/mol. The molecule has 0 amide bonds. The summed E-state index contributed by atoms with van der Waals surface area (Å²) in [4.78, 5) is 28.6. The standard InChI is InChI=1S/C4H2N4O6.H2O/c9-4(10)1-2(7(11)12)3(6-5-1)8(13)14;/h(H,5,6)(H,9,10);1H2. The molecule has 4 N–H and O–H groups in total. The van der Waals surface area contributed by atoms with Crippen LogP contribution in [-0.4, -0.2) is 36.6 Å². The van der Waals surface area contributed by atoms with E-state index in [0.29, 0.717) is 0 Å². The van der Waals surface area contributed by atoms with Gasteiger partial charge in [-0.2, -0.15) is 0 Å². The lowest BCUT2D eigenvalue weighted by molar-refractivity contribution is -0.424. The SMILES string of the molecule is O.O=C(O)c1n[nH]c([N+](=O)[O-])c1[N+](=O)[O-]. The van der Waals surface area contributed by atoms with E-state index in [2.05, 4.69) is 5.10 Å². The molecule has 1 heterocycles. The number of hydrogen-bond acceptors (Lipinski definition) is 6. The number of carboxylic acid groups (broad SMARTS) is 1. The molecule has 0 aliphatic heterocycles. The maximum Gasteiger partial charge on any atom is 0.422 e. The van der Waals surface area contributed by atoms with E-state index in [1.807, 2.05) is 0 Å². The van der Waals surface area contributed by atoms with Gasteiger partial charge < -0.3 is 20.7 Å². The lowest BCUT2D eigenvalue weighted by Gasteiger charge is -1.89. The van der Waals surface area contributed by atoms with Crippen molar-refractivity contribution in [3.63, 3.8) is 0 Å². The number of aromatic nitrogens is 2. The van der Waals surface area contributed by atoms with Crippen LogP contribution in [0.1, 0.15) is 10.5 Å². The molecule has 0 saturated heterocycles. The van der Waals surface area contributed by atoms with E-state index in [0.717, 1.165) is 0 Å². The average Bonchev–Trinajstić information content (AvgIpc) is 2.46. The third kappa shape index (κ3) is 2.02. The van der Waals surface area contributed by atoms with Crippen LogP contribution in [0.4, 0.5) is 11.5 Å². The summed E-state index contributed by atoms with van der Waals surface area (Å²) in [5, 5.41) is 33.5. The Morgan fingerprint density at radius 1 is 1.33 bits per heavy atom. The molecule has 0 radical (unpaired) electrons. The monoisotopic (exact) mass is 220 g/mol. The van der Waals surface area contributed by atoms with Gasteiger partial charge in [-0.3, -0.25) is 10.1 Å². The van der Waals surface area contributed by atoms with E-state index in [1.54, 1.807) is 5.10 Å². The largest absolute Gasteiger partial charge is 0.476 e. The van der Waals surface area contributed by atoms with Crippen LogP contribution in [0.25, 0.3) is 0 Å². The lowest BCUT2D eigenvalue weighted by atomic mass is 10.3. The Morgan fingerprint density at radius 2 is 1.87 bits per heavy atom. The zero-order chi connectivity index (χ0) is 10.9. The Kier molecular flexibility index (Phi) is 3.40. The molecule has 1 aromatic rings. The summed E-state index contributed by atoms with van der Waals surface area (Å²) < 4.78 is 0. The number of hydrogen-bond donors (Lipinski definition) is 2. The molecule has 0 spiro atoms. The third-order valence-electron chi connectivity index (χ3n) is 1.29. The first kappa shape index (κ1) is 12.4. The van der Waals surface area contributed by atoms with Crippen molar-refractivity contribution < 1.29 is 25.2 Å². The van der Waals surface area contributed by atoms with E-state index in [1.165, 1.54) is 0 Å². The lowest BCUT2D eigenvalue weighted by Crippen LogP contribution is -2.02. The van der Waals surface area contributed by atoms with Crippen molar-refractivity contribution in [1.82, 2.24) is 10.2 Å². The highest BCUT2D eigenvalue weighted by molar-refractivity contribution is 5.91. The third-order valence-corrected chi connectivity index (χ3v) is 1.29. The first-order valence-electron chi connectivity index (χ1n) is 3.05. The molecule has 0 atom stereocenters. The Morgan fingerprint density at radius 3 is 2.20 bits per heavy atom. The predicted molar refractivity (Wildman–Crippen MR) is 42.5 cm³/mol. The Bertz CT molecular complexity index is 391. The van der Waals surface area contributed by atoms with Crippen molar-refractivity contribution in [2.24, 2.45) is 0 Å². The van der Waals surface area contributed by atoms with Crippen LogP contribution in [0.15, 0.2) is 0 Å². The minimum absolute atomic E-state index is 0. The van der Waals surface area contributed by atoms with Gasteiger partial charge in [-0.25, -0.2) is 4.79 Å². The number of carbonyl (C=O) groups is 1. The van der Waals surface area contributed by atoms with E-state index in [-0.39, 0.29) is 5.48 Å². The number of rotatable bonds is 3. The molecular formula is C4H4N4O7. The van der Waals surface area contributed by atoms with Gasteiger partial charge in [0.2, 0.25) is 0 Å². The molecule has 0 saturated carbocycles. The predicted octanol–water partition coefficient (Wildman–Crippen LogP) is -0.900. The fraction of sp³-hybridized carbons (Fsp3) is 0. The van der Waals surface area contributed by atoms with Crippen LogP contribution in [0.3, 0.4) is 0 Å². The fourth-order valence-corrected chi connectivity index (χ4v) is 0.776. The fourth-order valence-electron chi connectivity index (χ4n) is 0.776. The normalized spacial score (nSPS) is 9.07. The Balaban J connectivity index is 0.00000196. The van der Waals surface area contributed by atoms with Crippen LogP contribution < -0.4 is 0 Å². The molecule has 82 valence electrons. The van der Waals surface area contributed by atoms with Gasteiger partial charge in [0.25, 0.3) is 5.69 Å². The minimum atomic E-state index is -1.71. The van der Waals surface area contributed by atoms with Crippen LogP contribution in [-0.2, 0) is 0 Å². The second-order valence-corrected chi connectivity index (χ2v) is 2.09. The molecule has 0 fully saturated rings. The first-order chi connectivity index (χ1) is 6.45. The van der Waals surface area contributed by atoms with Crippen LogP contribution in [0.2, 0.25) is 0 Å². The van der Waals surface area contributed by atoms with E-state index >= 15 is 0 Å². The van der Waals surface area contributed by atoms with Gasteiger partial charge in [0, 0.05) is 0 Å². The molecule has 0 unspecified atom stereocenters. The summed E-state index contributed by atoms with van der Waals surface area (Å²) in [7, 11) is 0. The maximum absolute atomic E-state index is 10.4. The molecule has 11 heteroatoms. The zero-order valence-corrected chi connectivity index (χ0v) is 6.83. The second-order valence-electron chi connectivity index (χ2n) is 2.09. The van der Waals surface area contributed by atoms with Crippen molar-refractivity contribution in [2.75, 3.05) is 0 Å². The number of aromatic amines is 1. The summed E-state index contributed by atoms with van der Waals surface area (Å²) in [5.41, 5.74) is -2.13. The van der Waals surface area contributed by atoms with Crippen LogP contribution >= 0.6 is 0 Å². The molecule has 15 heavy (non-hydrogen) atoms. The van der Waals surface area contributed by atoms with Crippen molar-refractivity contribution in [3.05, 3.63) is 25.9 Å². The summed E-state index contributed by atoms with van der Waals surface area (Å²) >= 11 is 0. The zero-order valence-electron chi connectivity index (χ0n) is 6.83. The van der Waals surface area contributed by atoms with Crippen molar-refractivity contribution in [3.8, 4) is 0 Å². The van der Waals surface area contributed by atoms with Crippen molar-refractivity contribution >= 4 is 17.5 Å². The van der Waals surface area contributed by atoms with E-state index < -0.39 is 33.0 Å². The smallest absolute Gasteiger partial charge is 0.422 e. The molecule has 1 aromatic heterocycles. The molecule has 0 aliphatic carbocycles. The van der Waals surface area contributed by atoms with Gasteiger partial charge in [-0.1, -0.05) is 5.10 Å². The number of nitro groups is 2. The summed E-state index contributed by atoms with van der Waals surface area (Å²) in [6.45, 7) is 0. The summed E-state index contributed by atoms with van der Waals surface area (Å²) in [6, 6.07) is 0. The van der Waals surface area contributed by atoms with Crippen molar-refractivity contribution in [1.29, 1.82) is 0 Å². The highest BCUT2D eigenvalue weighted by Gasteiger charge is 2.36. The highest BCUT2D eigenvalue weighted by Crippen LogP contribution is 2.27. The maximum atomic E-state index is 10.4. The van der Waals surface area contributed by atoms with E-state index in [4.69, 9.17) is 5.11 Å². The molecule has 0 aliphatic rings. The van der Waals surface area contributed by atoms with Gasteiger partial charge in [0.1, 0.15) is 0 Å². The van der Waals surface area contributed by atoms with Gasteiger partial charge >= 0.3 is 17.5 Å². The Labute approximate surface area is 79.9 Å². The van der Waals surface area contributed by atoms with Gasteiger partial charge in [-0.05, 0) is 4.92 Å². The highest BCUT2D eigenvalue weighted by atomic mass is 16.6. The molecule has 0 aromatic carbocycles. The first-order valence-corrected chi connectivity index (χ1v) is 3.05. The molecule has 11 nitrogen and oxygen atoms in total. The molecular weight excluding hydrogens is 216 g/mol. The number of nitrogens with zero attached hydrogens (tertiary/aromatic N) is 3. The number of nitrogens with one attached hydrogen (secondary N) is 1. The molecule has 0 bridgehead atoms. The summed E-state index contributed by atoms with van der Waals surface area (Å²) in [6.07, 6.45) is 0. The number of H-pyrrole nitrogens is 1. The minimum Gasteiger partial charge on any atom is -0.476 e. The van der Waals surface area contributed by atoms with Gasteiger partial charge in [0.15, 0.2) is 0 Å². The topological polar surface area (TPSA) is 184 Å². The number of carboxylic acids is 1. The molecule has 1 rings (SSSR count). The van der Waals surface area contributed by atoms with Gasteiger partial charge in [-0.15, -0.1) is 5.10 Å².